The Morgan fingerprint density at radius 3 is 3.05 bits per heavy atom. The van der Waals surface area contributed by atoms with Crippen LogP contribution in [0, 0.1) is 0 Å². The van der Waals surface area contributed by atoms with E-state index in [4.69, 9.17) is 4.74 Å². The van der Waals surface area contributed by atoms with Crippen LogP contribution in [0.1, 0.15) is 23.6 Å². The minimum atomic E-state index is 0.833. The second-order valence-electron chi connectivity index (χ2n) is 5.73. The Morgan fingerprint density at radius 1 is 1.33 bits per heavy atom. The number of aryl methyl sites for hydroxylation is 1. The average Bonchev–Trinajstić information content (AvgIpc) is 3.13. The smallest absolute Gasteiger partial charge is 0.122 e. The molecule has 0 radical (unpaired) electrons. The highest BCUT2D eigenvalue weighted by molar-refractivity contribution is 5.39. The van der Waals surface area contributed by atoms with Gasteiger partial charge in [0, 0.05) is 37.8 Å². The molecule has 0 spiro atoms. The molecule has 0 saturated heterocycles. The molecule has 0 unspecified atom stereocenters. The van der Waals surface area contributed by atoms with Gasteiger partial charge in [0.05, 0.1) is 12.8 Å². The normalized spacial score (nSPS) is 13.5. The standard InChI is InChI=1S/C17H23N3O/c1-3-20-13-15(11-18-20)12-19(2)8-6-14-4-5-17-16(10-14)7-9-21-17/h4-5,10-11,13H,3,6-9,12H2,1-2H3. The fourth-order valence-electron chi connectivity index (χ4n) is 2.77. The number of ether oxygens (including phenoxy) is 1. The maximum atomic E-state index is 5.55. The predicted molar refractivity (Wildman–Crippen MR) is 83.6 cm³/mol. The van der Waals surface area contributed by atoms with E-state index < -0.39 is 0 Å². The van der Waals surface area contributed by atoms with Crippen molar-refractivity contribution in [1.29, 1.82) is 0 Å². The van der Waals surface area contributed by atoms with Crippen molar-refractivity contribution in [3.05, 3.63) is 47.3 Å². The van der Waals surface area contributed by atoms with Gasteiger partial charge in [-0.3, -0.25) is 4.68 Å². The van der Waals surface area contributed by atoms with Gasteiger partial charge < -0.3 is 9.64 Å². The number of nitrogens with zero attached hydrogens (tertiary/aromatic N) is 3. The summed E-state index contributed by atoms with van der Waals surface area (Å²) in [5, 5.41) is 4.32. The number of hydrogen-bond donors (Lipinski definition) is 0. The van der Waals surface area contributed by atoms with Gasteiger partial charge in [-0.2, -0.15) is 5.10 Å². The van der Waals surface area contributed by atoms with Gasteiger partial charge in [0.15, 0.2) is 0 Å². The maximum Gasteiger partial charge on any atom is 0.122 e. The summed E-state index contributed by atoms with van der Waals surface area (Å²) in [6.07, 6.45) is 6.22. The van der Waals surface area contributed by atoms with Gasteiger partial charge >= 0.3 is 0 Å². The molecule has 21 heavy (non-hydrogen) atoms. The van der Waals surface area contributed by atoms with Crippen LogP contribution < -0.4 is 4.74 Å². The van der Waals surface area contributed by atoms with Crippen molar-refractivity contribution in [2.45, 2.75) is 32.9 Å². The Hall–Kier alpha value is -1.81. The lowest BCUT2D eigenvalue weighted by Gasteiger charge is -2.15. The number of hydrogen-bond acceptors (Lipinski definition) is 3. The van der Waals surface area contributed by atoms with E-state index in [0.717, 1.165) is 44.8 Å². The molecule has 0 bridgehead atoms. The van der Waals surface area contributed by atoms with Gasteiger partial charge in [-0.1, -0.05) is 12.1 Å². The number of fused-ring (bicyclic) bond motifs is 1. The predicted octanol–water partition coefficient (Wildman–Crippen LogP) is 2.51. The molecular formula is C17H23N3O. The molecule has 4 nitrogen and oxygen atoms in total. The van der Waals surface area contributed by atoms with E-state index in [1.807, 2.05) is 10.9 Å². The Balaban J connectivity index is 1.52. The van der Waals surface area contributed by atoms with E-state index in [0.29, 0.717) is 0 Å². The number of rotatable bonds is 6. The monoisotopic (exact) mass is 285 g/mol. The van der Waals surface area contributed by atoms with Crippen molar-refractivity contribution in [3.63, 3.8) is 0 Å². The quantitative estimate of drug-likeness (QED) is 0.817. The van der Waals surface area contributed by atoms with E-state index in [1.165, 1.54) is 16.7 Å². The van der Waals surface area contributed by atoms with E-state index in [-0.39, 0.29) is 0 Å². The fourth-order valence-corrected chi connectivity index (χ4v) is 2.77. The molecular weight excluding hydrogens is 262 g/mol. The molecule has 2 aromatic rings. The molecule has 0 fully saturated rings. The summed E-state index contributed by atoms with van der Waals surface area (Å²) in [4.78, 5) is 2.35. The summed E-state index contributed by atoms with van der Waals surface area (Å²) in [6, 6.07) is 6.60. The van der Waals surface area contributed by atoms with Crippen LogP contribution in [-0.2, 0) is 25.9 Å². The van der Waals surface area contributed by atoms with Crippen LogP contribution >= 0.6 is 0 Å². The first-order valence-corrected chi connectivity index (χ1v) is 7.69. The molecule has 112 valence electrons. The van der Waals surface area contributed by atoms with E-state index in [9.17, 15) is 0 Å². The third-order valence-corrected chi connectivity index (χ3v) is 4.00. The minimum absolute atomic E-state index is 0.833. The summed E-state index contributed by atoms with van der Waals surface area (Å²) in [5.74, 6) is 1.07. The van der Waals surface area contributed by atoms with Crippen molar-refractivity contribution >= 4 is 0 Å². The Labute approximate surface area is 126 Å². The van der Waals surface area contributed by atoms with Gasteiger partial charge in [-0.15, -0.1) is 0 Å². The van der Waals surface area contributed by atoms with Crippen LogP contribution in [0.25, 0.3) is 0 Å². The minimum Gasteiger partial charge on any atom is -0.493 e. The molecule has 2 heterocycles. The van der Waals surface area contributed by atoms with Crippen LogP contribution in [-0.4, -0.2) is 34.9 Å². The second-order valence-corrected chi connectivity index (χ2v) is 5.73. The van der Waals surface area contributed by atoms with Crippen LogP contribution in [0.3, 0.4) is 0 Å². The molecule has 1 aromatic carbocycles. The van der Waals surface area contributed by atoms with Crippen molar-refractivity contribution in [2.75, 3.05) is 20.2 Å². The Kier molecular flexibility index (Phi) is 4.25. The SMILES string of the molecule is CCn1cc(CN(C)CCc2ccc3c(c2)CCO3)cn1. The zero-order valence-corrected chi connectivity index (χ0v) is 12.9. The summed E-state index contributed by atoms with van der Waals surface area (Å²) in [5.41, 5.74) is 4.04. The van der Waals surface area contributed by atoms with Crippen LogP contribution in [0.4, 0.5) is 0 Å². The Morgan fingerprint density at radius 2 is 2.24 bits per heavy atom. The van der Waals surface area contributed by atoms with Gasteiger partial charge in [-0.05, 0) is 37.6 Å². The maximum absolute atomic E-state index is 5.55. The highest BCUT2D eigenvalue weighted by Crippen LogP contribution is 2.26. The highest BCUT2D eigenvalue weighted by Gasteiger charge is 2.12. The first kappa shape index (κ1) is 14.1. The summed E-state index contributed by atoms with van der Waals surface area (Å²) in [7, 11) is 2.17. The summed E-state index contributed by atoms with van der Waals surface area (Å²) in [6.45, 7) is 5.88. The van der Waals surface area contributed by atoms with Gasteiger partial charge in [0.25, 0.3) is 0 Å². The molecule has 0 saturated carbocycles. The lowest BCUT2D eigenvalue weighted by Crippen LogP contribution is -2.20. The van der Waals surface area contributed by atoms with Gasteiger partial charge in [-0.25, -0.2) is 0 Å². The molecule has 0 atom stereocenters. The number of benzene rings is 1. The molecule has 0 N–H and O–H groups in total. The van der Waals surface area contributed by atoms with Gasteiger partial charge in [0.1, 0.15) is 5.75 Å². The second kappa shape index (κ2) is 6.31. The third-order valence-electron chi connectivity index (χ3n) is 4.00. The lowest BCUT2D eigenvalue weighted by molar-refractivity contribution is 0.331. The third kappa shape index (κ3) is 3.45. The number of likely N-dealkylation sites (N-methyl/N-ethyl adjacent to an activating group) is 1. The first-order chi connectivity index (χ1) is 10.2. The lowest BCUT2D eigenvalue weighted by atomic mass is 10.1. The van der Waals surface area contributed by atoms with Crippen molar-refractivity contribution < 1.29 is 4.74 Å². The van der Waals surface area contributed by atoms with E-state index in [1.54, 1.807) is 0 Å². The summed E-state index contributed by atoms with van der Waals surface area (Å²) >= 11 is 0. The average molecular weight is 285 g/mol. The molecule has 0 aliphatic carbocycles. The van der Waals surface area contributed by atoms with Crippen molar-refractivity contribution in [1.82, 2.24) is 14.7 Å². The molecule has 3 rings (SSSR count). The molecule has 4 heteroatoms. The van der Waals surface area contributed by atoms with Crippen molar-refractivity contribution in [3.8, 4) is 5.75 Å². The van der Waals surface area contributed by atoms with E-state index >= 15 is 0 Å². The van der Waals surface area contributed by atoms with Crippen LogP contribution in [0.15, 0.2) is 30.6 Å². The van der Waals surface area contributed by atoms with E-state index in [2.05, 4.69) is 48.4 Å². The largest absolute Gasteiger partial charge is 0.493 e. The Bertz CT molecular complexity index is 606. The zero-order chi connectivity index (χ0) is 14.7. The van der Waals surface area contributed by atoms with Crippen LogP contribution in [0.5, 0.6) is 5.75 Å². The zero-order valence-electron chi connectivity index (χ0n) is 12.9. The van der Waals surface area contributed by atoms with Crippen LogP contribution in [0.2, 0.25) is 0 Å². The molecule has 0 amide bonds. The highest BCUT2D eigenvalue weighted by atomic mass is 16.5. The van der Waals surface area contributed by atoms with Gasteiger partial charge in [0.2, 0.25) is 0 Å². The fraction of sp³-hybridized carbons (Fsp3) is 0.471. The topological polar surface area (TPSA) is 30.3 Å². The molecule has 1 aliphatic heterocycles. The number of aromatic nitrogens is 2. The molecule has 1 aromatic heterocycles. The first-order valence-electron chi connectivity index (χ1n) is 7.69. The molecule has 1 aliphatic rings. The summed E-state index contributed by atoms with van der Waals surface area (Å²) < 4.78 is 7.53. The van der Waals surface area contributed by atoms with Crippen molar-refractivity contribution in [2.24, 2.45) is 0 Å².